The van der Waals surface area contributed by atoms with Crippen LogP contribution in [-0.2, 0) is 26.1 Å². The van der Waals surface area contributed by atoms with Crippen molar-refractivity contribution < 1.29 is 23.7 Å². The third-order valence-electron chi connectivity index (χ3n) is 7.49. The van der Waals surface area contributed by atoms with Crippen LogP contribution >= 0.6 is 0 Å². The van der Waals surface area contributed by atoms with Crippen molar-refractivity contribution in [2.75, 3.05) is 27.5 Å². The molecule has 200 valence electrons. The van der Waals surface area contributed by atoms with Crippen molar-refractivity contribution in [3.8, 4) is 28.7 Å². The van der Waals surface area contributed by atoms with E-state index in [4.69, 9.17) is 23.7 Å². The maximum atomic E-state index is 6.36. The molecule has 0 bridgehead atoms. The number of hydrogen-bond acceptors (Lipinski definition) is 6. The number of ether oxygens (including phenoxy) is 5. The number of hydrogen-bond donors (Lipinski definition) is 0. The first-order valence-electron chi connectivity index (χ1n) is 13.3. The summed E-state index contributed by atoms with van der Waals surface area (Å²) in [7, 11) is 3.88. The van der Waals surface area contributed by atoms with Crippen LogP contribution in [0.25, 0.3) is 0 Å². The van der Waals surface area contributed by atoms with Crippen LogP contribution in [0.1, 0.15) is 33.9 Å². The lowest BCUT2D eigenvalue weighted by Gasteiger charge is -2.35. The Morgan fingerprint density at radius 3 is 2.08 bits per heavy atom. The van der Waals surface area contributed by atoms with Gasteiger partial charge in [-0.25, -0.2) is 0 Å². The zero-order valence-electron chi connectivity index (χ0n) is 22.4. The first-order chi connectivity index (χ1) is 19.2. The highest BCUT2D eigenvalue weighted by molar-refractivity contribution is 5.54. The molecule has 1 unspecified atom stereocenters. The molecule has 0 fully saturated rings. The van der Waals surface area contributed by atoms with E-state index in [1.54, 1.807) is 7.11 Å². The molecular formula is C33H33NO5. The van der Waals surface area contributed by atoms with Crippen LogP contribution < -0.4 is 23.7 Å². The second-order valence-corrected chi connectivity index (χ2v) is 10.0. The highest BCUT2D eigenvalue weighted by atomic mass is 16.7. The van der Waals surface area contributed by atoms with Crippen LogP contribution in [0.5, 0.6) is 28.7 Å². The summed E-state index contributed by atoms with van der Waals surface area (Å²) in [6, 6.07) is 28.9. The summed E-state index contributed by atoms with van der Waals surface area (Å²) in [5, 5.41) is 0. The fourth-order valence-electron chi connectivity index (χ4n) is 5.31. The number of nitrogens with zero attached hydrogens (tertiary/aromatic N) is 1. The van der Waals surface area contributed by atoms with Gasteiger partial charge in [0.25, 0.3) is 0 Å². The number of methoxy groups -OCH3 is 1. The van der Waals surface area contributed by atoms with E-state index in [2.05, 4.69) is 54.4 Å². The van der Waals surface area contributed by atoms with Gasteiger partial charge in [-0.15, -0.1) is 0 Å². The molecule has 0 saturated heterocycles. The van der Waals surface area contributed by atoms with E-state index in [-0.39, 0.29) is 12.8 Å². The van der Waals surface area contributed by atoms with Gasteiger partial charge in [0.1, 0.15) is 19.0 Å². The topological polar surface area (TPSA) is 49.4 Å². The van der Waals surface area contributed by atoms with E-state index in [0.29, 0.717) is 13.2 Å². The summed E-state index contributed by atoms with van der Waals surface area (Å²) in [4.78, 5) is 2.40. The van der Waals surface area contributed by atoms with Crippen LogP contribution in [-0.4, -0.2) is 32.4 Å². The molecule has 0 aliphatic carbocycles. The lowest BCUT2D eigenvalue weighted by molar-refractivity contribution is 0.173. The summed E-state index contributed by atoms with van der Waals surface area (Å²) in [6.07, 6.45) is 1.71. The van der Waals surface area contributed by atoms with Gasteiger partial charge < -0.3 is 23.7 Å². The van der Waals surface area contributed by atoms with Crippen molar-refractivity contribution in [3.05, 3.63) is 113 Å². The molecule has 6 nitrogen and oxygen atoms in total. The van der Waals surface area contributed by atoms with Crippen molar-refractivity contribution in [2.24, 2.45) is 0 Å². The van der Waals surface area contributed by atoms with E-state index in [9.17, 15) is 0 Å². The number of fused-ring (bicyclic) bond motifs is 2. The van der Waals surface area contributed by atoms with Crippen LogP contribution in [0.4, 0.5) is 0 Å². The van der Waals surface area contributed by atoms with Crippen LogP contribution in [0, 0.1) is 0 Å². The normalized spacial score (nSPS) is 16.0. The highest BCUT2D eigenvalue weighted by Gasteiger charge is 2.29. The first-order valence-corrected chi connectivity index (χ1v) is 13.3. The van der Waals surface area contributed by atoms with Crippen LogP contribution in [0.15, 0.2) is 84.9 Å². The summed E-state index contributed by atoms with van der Waals surface area (Å²) < 4.78 is 29.8. The van der Waals surface area contributed by atoms with E-state index < -0.39 is 0 Å². The molecule has 0 N–H and O–H groups in total. The Morgan fingerprint density at radius 1 is 0.769 bits per heavy atom. The molecule has 2 aliphatic rings. The van der Waals surface area contributed by atoms with Crippen molar-refractivity contribution in [3.63, 3.8) is 0 Å². The molecule has 0 radical (unpaired) electrons. The lowest BCUT2D eigenvalue weighted by Crippen LogP contribution is -2.33. The quantitative estimate of drug-likeness (QED) is 0.255. The summed E-state index contributed by atoms with van der Waals surface area (Å²) in [6.45, 7) is 2.15. The van der Waals surface area contributed by atoms with Crippen molar-refractivity contribution in [2.45, 2.75) is 32.1 Å². The maximum Gasteiger partial charge on any atom is 0.231 e. The van der Waals surface area contributed by atoms with Crippen LogP contribution in [0.2, 0.25) is 0 Å². The molecule has 6 heteroatoms. The van der Waals surface area contributed by atoms with Gasteiger partial charge in [-0.2, -0.15) is 0 Å². The largest absolute Gasteiger partial charge is 0.493 e. The standard InChI is InChI=1S/C33H33NO5/c1-34-14-13-25-16-30(35-2)32(37-21-24-11-7-4-8-12-24)18-27(25)28(34)15-26-17-31-33(39-22-38-31)19-29(26)36-20-23-9-5-3-6-10-23/h3-12,16-19,28H,13-15,20-22H2,1-2H3. The van der Waals surface area contributed by atoms with Gasteiger partial charge in [-0.05, 0) is 65.9 Å². The van der Waals surface area contributed by atoms with E-state index in [1.807, 2.05) is 42.5 Å². The van der Waals surface area contributed by atoms with E-state index >= 15 is 0 Å². The molecule has 0 amide bonds. The second kappa shape index (κ2) is 11.3. The first kappa shape index (κ1) is 25.1. The SMILES string of the molecule is COc1cc2c(cc1OCc1ccccc1)C(Cc1cc3c(cc1OCc1ccccc1)OCO3)N(C)CC2. The Hall–Kier alpha value is -4.16. The van der Waals surface area contributed by atoms with Crippen LogP contribution in [0.3, 0.4) is 0 Å². The third kappa shape index (κ3) is 5.52. The van der Waals surface area contributed by atoms with E-state index in [0.717, 1.165) is 64.8 Å². The molecule has 39 heavy (non-hydrogen) atoms. The fourth-order valence-corrected chi connectivity index (χ4v) is 5.31. The predicted molar refractivity (Wildman–Crippen MR) is 150 cm³/mol. The van der Waals surface area contributed by atoms with Gasteiger partial charge in [0, 0.05) is 18.7 Å². The molecule has 4 aromatic carbocycles. The minimum atomic E-state index is 0.137. The van der Waals surface area contributed by atoms with E-state index in [1.165, 1.54) is 11.1 Å². The lowest BCUT2D eigenvalue weighted by atomic mass is 9.88. The average Bonchev–Trinajstić information content (AvgIpc) is 3.44. The van der Waals surface area contributed by atoms with Gasteiger partial charge in [0.15, 0.2) is 23.0 Å². The summed E-state index contributed by atoms with van der Waals surface area (Å²) in [5.41, 5.74) is 5.86. The predicted octanol–water partition coefficient (Wildman–Crippen LogP) is 6.35. The molecule has 1 atom stereocenters. The van der Waals surface area contributed by atoms with Crippen molar-refractivity contribution in [1.29, 1.82) is 0 Å². The number of rotatable bonds is 9. The number of likely N-dealkylation sites (N-methyl/N-ethyl adjacent to an activating group) is 1. The molecule has 2 aliphatic heterocycles. The molecule has 0 saturated carbocycles. The maximum absolute atomic E-state index is 6.36. The highest BCUT2D eigenvalue weighted by Crippen LogP contribution is 2.43. The molecule has 0 aromatic heterocycles. The molecule has 0 spiro atoms. The Balaban J connectivity index is 1.30. The van der Waals surface area contributed by atoms with Crippen molar-refractivity contribution >= 4 is 0 Å². The van der Waals surface area contributed by atoms with Crippen molar-refractivity contribution in [1.82, 2.24) is 4.90 Å². The number of benzene rings is 4. The molecule has 4 aromatic rings. The Bertz CT molecular complexity index is 1420. The van der Waals surface area contributed by atoms with Gasteiger partial charge in [-0.1, -0.05) is 60.7 Å². The average molecular weight is 524 g/mol. The Kier molecular flexibility index (Phi) is 7.28. The molecule has 6 rings (SSSR count). The fraction of sp³-hybridized carbons (Fsp3) is 0.273. The van der Waals surface area contributed by atoms with Gasteiger partial charge in [-0.3, -0.25) is 4.90 Å². The van der Waals surface area contributed by atoms with Gasteiger partial charge in [0.2, 0.25) is 6.79 Å². The summed E-state index contributed by atoms with van der Waals surface area (Å²) in [5.74, 6) is 3.82. The Morgan fingerprint density at radius 2 is 1.41 bits per heavy atom. The monoisotopic (exact) mass is 523 g/mol. The summed E-state index contributed by atoms with van der Waals surface area (Å²) >= 11 is 0. The molecular weight excluding hydrogens is 490 g/mol. The molecule has 2 heterocycles. The minimum Gasteiger partial charge on any atom is -0.493 e. The minimum absolute atomic E-state index is 0.137. The second-order valence-electron chi connectivity index (χ2n) is 10.0. The zero-order valence-corrected chi connectivity index (χ0v) is 22.4. The van der Waals surface area contributed by atoms with Gasteiger partial charge in [0.05, 0.1) is 7.11 Å². The Labute approximate surface area is 229 Å². The smallest absolute Gasteiger partial charge is 0.231 e. The zero-order chi connectivity index (χ0) is 26.6. The van der Waals surface area contributed by atoms with Gasteiger partial charge >= 0.3 is 0 Å². The third-order valence-corrected chi connectivity index (χ3v) is 7.49.